The van der Waals surface area contributed by atoms with Crippen molar-refractivity contribution in [3.05, 3.63) is 48.4 Å². The lowest BCUT2D eigenvalue weighted by molar-refractivity contribution is 0.0789. The van der Waals surface area contributed by atoms with Gasteiger partial charge < -0.3 is 14.8 Å². The van der Waals surface area contributed by atoms with E-state index in [1.807, 2.05) is 46.2 Å². The number of rotatable bonds is 3. The molecule has 0 bridgehead atoms. The summed E-state index contributed by atoms with van der Waals surface area (Å²) in [5.74, 6) is 0.0522. The van der Waals surface area contributed by atoms with Crippen molar-refractivity contribution in [3.8, 4) is 0 Å². The van der Waals surface area contributed by atoms with Crippen LogP contribution in [0.3, 0.4) is 0 Å². The lowest BCUT2D eigenvalue weighted by atomic mass is 10.1. The second-order valence-electron chi connectivity index (χ2n) is 7.47. The van der Waals surface area contributed by atoms with Gasteiger partial charge in [0.1, 0.15) is 0 Å². The van der Waals surface area contributed by atoms with Crippen molar-refractivity contribution in [1.82, 2.24) is 24.6 Å². The highest BCUT2D eigenvalue weighted by atomic mass is 16.2. The Kier molecular flexibility index (Phi) is 3.85. The van der Waals surface area contributed by atoms with Gasteiger partial charge in [0.05, 0.1) is 17.9 Å². The van der Waals surface area contributed by atoms with Crippen LogP contribution in [0.5, 0.6) is 0 Å². The molecule has 2 saturated heterocycles. The molecule has 1 atom stereocenters. The summed E-state index contributed by atoms with van der Waals surface area (Å²) in [6, 6.07) is 7.83. The summed E-state index contributed by atoms with van der Waals surface area (Å²) >= 11 is 0. The Hall–Kier alpha value is -3.29. The number of hydrogen-bond acceptors (Lipinski definition) is 3. The minimum atomic E-state index is 0.00220. The summed E-state index contributed by atoms with van der Waals surface area (Å²) in [6.45, 7) is 2.72. The van der Waals surface area contributed by atoms with E-state index in [1.54, 1.807) is 23.0 Å². The Morgan fingerprint density at radius 2 is 2.11 bits per heavy atom. The number of nitrogens with zero attached hydrogens (tertiary/aromatic N) is 5. The van der Waals surface area contributed by atoms with Crippen LogP contribution in [0.2, 0.25) is 0 Å². The zero-order valence-electron chi connectivity index (χ0n) is 15.7. The van der Waals surface area contributed by atoms with Crippen molar-refractivity contribution in [2.75, 3.05) is 38.1 Å². The molecule has 28 heavy (non-hydrogen) atoms. The number of likely N-dealkylation sites (N-methyl/N-ethyl adjacent to an activating group) is 1. The standard InChI is InChI=1S/C20H22N6O2/c1-23-9-10-25(20(23)28)15-11-22-26(13-15)14-6-8-24(12-14)19(27)17-3-2-4-18-16(17)5-7-21-18/h2-5,7,11,13-14,21H,6,8-10,12H2,1H3. The third-order valence-electron chi connectivity index (χ3n) is 5.77. The van der Waals surface area contributed by atoms with Gasteiger partial charge in [-0.3, -0.25) is 14.4 Å². The number of hydrogen-bond donors (Lipinski definition) is 1. The molecule has 1 aromatic carbocycles. The predicted molar refractivity (Wildman–Crippen MR) is 105 cm³/mol. The average Bonchev–Trinajstić information content (AvgIpc) is 3.48. The SMILES string of the molecule is CN1CCN(c2cnn(C3CCN(C(=O)c4cccc5[nH]ccc45)C3)c2)C1=O. The van der Waals surface area contributed by atoms with E-state index in [9.17, 15) is 9.59 Å². The normalized spacial score (nSPS) is 20.0. The molecule has 8 heteroatoms. The number of aromatic amines is 1. The molecule has 1 unspecified atom stereocenters. The lowest BCUT2D eigenvalue weighted by Crippen LogP contribution is -2.29. The van der Waals surface area contributed by atoms with Gasteiger partial charge in [-0.2, -0.15) is 5.10 Å². The first-order valence-corrected chi connectivity index (χ1v) is 9.54. The lowest BCUT2D eigenvalue weighted by Gasteiger charge is -2.17. The summed E-state index contributed by atoms with van der Waals surface area (Å²) in [7, 11) is 1.80. The van der Waals surface area contributed by atoms with Crippen LogP contribution in [0.1, 0.15) is 22.8 Å². The highest BCUT2D eigenvalue weighted by molar-refractivity contribution is 6.06. The molecule has 1 N–H and O–H groups in total. The van der Waals surface area contributed by atoms with Crippen LogP contribution in [0, 0.1) is 0 Å². The number of amides is 3. The quantitative estimate of drug-likeness (QED) is 0.760. The molecule has 2 aliphatic rings. The number of anilines is 1. The maximum Gasteiger partial charge on any atom is 0.324 e. The topological polar surface area (TPSA) is 77.5 Å². The second-order valence-corrected chi connectivity index (χ2v) is 7.47. The Bertz CT molecular complexity index is 1050. The van der Waals surface area contributed by atoms with Crippen molar-refractivity contribution < 1.29 is 9.59 Å². The Morgan fingerprint density at radius 3 is 2.93 bits per heavy atom. The van der Waals surface area contributed by atoms with E-state index in [2.05, 4.69) is 10.1 Å². The van der Waals surface area contributed by atoms with Gasteiger partial charge in [-0.25, -0.2) is 4.79 Å². The summed E-state index contributed by atoms with van der Waals surface area (Å²) in [5.41, 5.74) is 2.51. The highest BCUT2D eigenvalue weighted by Gasteiger charge is 2.31. The van der Waals surface area contributed by atoms with Gasteiger partial charge in [-0.15, -0.1) is 0 Å². The molecular weight excluding hydrogens is 356 g/mol. The third kappa shape index (κ3) is 2.64. The van der Waals surface area contributed by atoms with Gasteiger partial charge in [-0.05, 0) is 24.6 Å². The van der Waals surface area contributed by atoms with E-state index in [-0.39, 0.29) is 18.0 Å². The van der Waals surface area contributed by atoms with Crippen molar-refractivity contribution in [1.29, 1.82) is 0 Å². The maximum absolute atomic E-state index is 13.1. The van der Waals surface area contributed by atoms with Gasteiger partial charge >= 0.3 is 6.03 Å². The van der Waals surface area contributed by atoms with E-state index < -0.39 is 0 Å². The van der Waals surface area contributed by atoms with Crippen LogP contribution >= 0.6 is 0 Å². The monoisotopic (exact) mass is 378 g/mol. The first-order valence-electron chi connectivity index (χ1n) is 9.54. The van der Waals surface area contributed by atoms with E-state index in [0.717, 1.165) is 35.1 Å². The van der Waals surface area contributed by atoms with Crippen LogP contribution in [0.4, 0.5) is 10.5 Å². The van der Waals surface area contributed by atoms with E-state index in [0.29, 0.717) is 19.6 Å². The van der Waals surface area contributed by atoms with Gasteiger partial charge in [0.2, 0.25) is 0 Å². The van der Waals surface area contributed by atoms with Gasteiger partial charge in [-0.1, -0.05) is 6.07 Å². The van der Waals surface area contributed by atoms with Crippen molar-refractivity contribution in [3.63, 3.8) is 0 Å². The van der Waals surface area contributed by atoms with Crippen LogP contribution in [0.15, 0.2) is 42.9 Å². The molecule has 0 spiro atoms. The Morgan fingerprint density at radius 1 is 1.21 bits per heavy atom. The second kappa shape index (κ2) is 6.40. The largest absolute Gasteiger partial charge is 0.361 e. The van der Waals surface area contributed by atoms with E-state index >= 15 is 0 Å². The fourth-order valence-corrected chi connectivity index (χ4v) is 4.14. The molecule has 3 aromatic rings. The smallest absolute Gasteiger partial charge is 0.324 e. The number of fused-ring (bicyclic) bond motifs is 1. The van der Waals surface area contributed by atoms with Crippen molar-refractivity contribution in [2.24, 2.45) is 0 Å². The number of aromatic nitrogens is 3. The highest BCUT2D eigenvalue weighted by Crippen LogP contribution is 2.27. The van der Waals surface area contributed by atoms with E-state index in [4.69, 9.17) is 0 Å². The minimum Gasteiger partial charge on any atom is -0.361 e. The number of carbonyl (C=O) groups excluding carboxylic acids is 2. The molecule has 2 fully saturated rings. The molecule has 0 radical (unpaired) electrons. The van der Waals surface area contributed by atoms with Crippen LogP contribution in [-0.4, -0.2) is 69.7 Å². The molecule has 5 rings (SSSR count). The molecule has 0 aliphatic carbocycles. The number of benzene rings is 1. The predicted octanol–water partition coefficient (Wildman–Crippen LogP) is 2.32. The molecule has 8 nitrogen and oxygen atoms in total. The Balaban J connectivity index is 1.32. The van der Waals surface area contributed by atoms with Gasteiger partial charge in [0.15, 0.2) is 0 Å². The first-order chi connectivity index (χ1) is 13.6. The fraction of sp³-hybridized carbons (Fsp3) is 0.350. The molecule has 4 heterocycles. The minimum absolute atomic E-state index is 0.00220. The molecule has 0 saturated carbocycles. The number of likely N-dealkylation sites (tertiary alicyclic amines) is 1. The fourth-order valence-electron chi connectivity index (χ4n) is 4.14. The van der Waals surface area contributed by atoms with Crippen molar-refractivity contribution in [2.45, 2.75) is 12.5 Å². The van der Waals surface area contributed by atoms with Crippen LogP contribution in [-0.2, 0) is 0 Å². The van der Waals surface area contributed by atoms with Crippen molar-refractivity contribution >= 4 is 28.5 Å². The van der Waals surface area contributed by atoms with Gasteiger partial charge in [0.25, 0.3) is 5.91 Å². The zero-order chi connectivity index (χ0) is 19.3. The summed E-state index contributed by atoms with van der Waals surface area (Å²) in [6.07, 6.45) is 6.37. The number of nitrogens with one attached hydrogen (secondary N) is 1. The number of carbonyl (C=O) groups is 2. The first kappa shape index (κ1) is 16.9. The molecule has 2 aliphatic heterocycles. The average molecular weight is 378 g/mol. The maximum atomic E-state index is 13.1. The number of urea groups is 1. The molecular formula is C20H22N6O2. The van der Waals surface area contributed by atoms with E-state index in [1.165, 1.54) is 0 Å². The molecule has 144 valence electrons. The van der Waals surface area contributed by atoms with Crippen LogP contribution < -0.4 is 4.90 Å². The summed E-state index contributed by atoms with van der Waals surface area (Å²) in [5, 5.41) is 5.42. The zero-order valence-corrected chi connectivity index (χ0v) is 15.7. The molecule has 2 aromatic heterocycles. The number of H-pyrrole nitrogens is 1. The molecule has 3 amide bonds. The van der Waals surface area contributed by atoms with Gasteiger partial charge in [0, 0.05) is 62.1 Å². The summed E-state index contributed by atoms with van der Waals surface area (Å²) < 4.78 is 1.89. The van der Waals surface area contributed by atoms with Crippen LogP contribution in [0.25, 0.3) is 10.9 Å². The Labute approximate surface area is 162 Å². The summed E-state index contributed by atoms with van der Waals surface area (Å²) in [4.78, 5) is 33.7. The third-order valence-corrected chi connectivity index (χ3v) is 5.77.